The van der Waals surface area contributed by atoms with Crippen LogP contribution in [0.3, 0.4) is 0 Å². The van der Waals surface area contributed by atoms with Gasteiger partial charge in [0.1, 0.15) is 27.7 Å². The van der Waals surface area contributed by atoms with Crippen LogP contribution < -0.4 is 0 Å². The van der Waals surface area contributed by atoms with E-state index in [0.29, 0.717) is 21.7 Å². The zero-order valence-electron chi connectivity index (χ0n) is 18.0. The molecule has 0 spiro atoms. The Hall–Kier alpha value is -3.46. The average molecular weight is 474 g/mol. The molecule has 6 nitrogen and oxygen atoms in total. The van der Waals surface area contributed by atoms with Crippen LogP contribution in [-0.2, 0) is 16.8 Å². The second kappa shape index (κ2) is 7.53. The van der Waals surface area contributed by atoms with Gasteiger partial charge in [0, 0.05) is 11.1 Å². The number of carbonyl (C=O) groups is 1. The van der Waals surface area contributed by atoms with Crippen LogP contribution in [-0.4, -0.2) is 38.8 Å². The van der Waals surface area contributed by atoms with Gasteiger partial charge in [-0.2, -0.15) is 0 Å². The average Bonchev–Trinajstić information content (AvgIpc) is 3.51. The zero-order valence-corrected chi connectivity index (χ0v) is 18.8. The number of hydroxylamine groups is 3. The van der Waals surface area contributed by atoms with E-state index in [2.05, 4.69) is 29.3 Å². The summed E-state index contributed by atoms with van der Waals surface area (Å²) in [6.07, 6.45) is 4.25. The van der Waals surface area contributed by atoms with Gasteiger partial charge in [-0.3, -0.25) is 4.79 Å². The summed E-state index contributed by atoms with van der Waals surface area (Å²) in [6.45, 7) is 0.0914. The number of nitrogens with zero attached hydrogens (tertiary/aromatic N) is 3. The third-order valence-corrected chi connectivity index (χ3v) is 7.62. The van der Waals surface area contributed by atoms with Crippen molar-refractivity contribution in [1.82, 2.24) is 9.97 Å². The molecule has 6 rings (SSSR count). The third kappa shape index (κ3) is 3.51. The van der Waals surface area contributed by atoms with Gasteiger partial charge in [0.15, 0.2) is 5.92 Å². The predicted molar refractivity (Wildman–Crippen MR) is 127 cm³/mol. The number of aliphatic carboxylic acids is 1. The van der Waals surface area contributed by atoms with E-state index in [1.807, 2.05) is 30.3 Å². The Labute approximate surface area is 198 Å². The number of aromatic nitrogens is 2. The fraction of sp³-hybridized carbons (Fsp3) is 0.192. The molecular weight excluding hydrogens is 453 g/mol. The number of benzene rings is 2. The summed E-state index contributed by atoms with van der Waals surface area (Å²) in [5.41, 5.74) is 3.40. The molecule has 3 heterocycles. The number of thiazole rings is 1. The summed E-state index contributed by atoms with van der Waals surface area (Å²) in [7, 11) is 0. The number of hydrogen-bond acceptors (Lipinski definition) is 5. The van der Waals surface area contributed by atoms with Gasteiger partial charge in [-0.15, -0.1) is 0 Å². The fourth-order valence-electron chi connectivity index (χ4n) is 4.67. The van der Waals surface area contributed by atoms with Crippen molar-refractivity contribution in [3.63, 3.8) is 0 Å². The number of quaternary nitrogens is 1. The van der Waals surface area contributed by atoms with Gasteiger partial charge in [-0.25, -0.2) is 14.4 Å². The Kier molecular flexibility index (Phi) is 4.67. The standard InChI is InChI=1S/C26H20FN3O3S/c27-20-12-16(13-30(33)14-17(15-30)25(31)32)6-7-19(20)23-28-21-8-9-22(29-24(21)34-23)26(10-11-26)18-4-2-1-3-5-18/h1-12,17H,13-15H2,(H,31,32). The van der Waals surface area contributed by atoms with E-state index in [0.717, 1.165) is 16.1 Å². The molecule has 1 saturated heterocycles. The van der Waals surface area contributed by atoms with Gasteiger partial charge in [-0.05, 0) is 29.8 Å². The van der Waals surface area contributed by atoms with Crippen molar-refractivity contribution in [2.45, 2.75) is 12.0 Å². The molecule has 0 saturated carbocycles. The van der Waals surface area contributed by atoms with E-state index in [-0.39, 0.29) is 25.0 Å². The normalized spacial score (nSPS) is 22.5. The minimum absolute atomic E-state index is 0.0178. The number of pyridine rings is 1. The molecule has 1 aliphatic heterocycles. The predicted octanol–water partition coefficient (Wildman–Crippen LogP) is 4.88. The Morgan fingerprint density at radius 2 is 1.88 bits per heavy atom. The smallest absolute Gasteiger partial charge is 0.318 e. The van der Waals surface area contributed by atoms with Gasteiger partial charge < -0.3 is 15.0 Å². The van der Waals surface area contributed by atoms with E-state index >= 15 is 0 Å². The highest BCUT2D eigenvalue weighted by Gasteiger charge is 2.42. The first kappa shape index (κ1) is 21.1. The molecule has 1 fully saturated rings. The molecule has 2 aliphatic rings. The number of rotatable bonds is 6. The fourth-order valence-corrected chi connectivity index (χ4v) is 5.63. The maximum Gasteiger partial charge on any atom is 0.318 e. The van der Waals surface area contributed by atoms with Crippen molar-refractivity contribution >= 4 is 27.7 Å². The Morgan fingerprint density at radius 3 is 2.56 bits per heavy atom. The molecule has 0 unspecified atom stereocenters. The Balaban J connectivity index is 1.26. The molecule has 8 heteroatoms. The molecule has 4 aromatic rings. The quantitative estimate of drug-likeness (QED) is 0.245. The zero-order chi connectivity index (χ0) is 23.5. The van der Waals surface area contributed by atoms with E-state index in [1.54, 1.807) is 12.1 Å². The Morgan fingerprint density at radius 1 is 1.12 bits per heavy atom. The van der Waals surface area contributed by atoms with Crippen molar-refractivity contribution in [3.8, 4) is 10.6 Å². The van der Waals surface area contributed by atoms with Crippen LogP contribution in [0.4, 0.5) is 4.39 Å². The highest BCUT2D eigenvalue weighted by atomic mass is 32.1. The third-order valence-electron chi connectivity index (χ3n) is 6.62. The summed E-state index contributed by atoms with van der Waals surface area (Å²) in [5.74, 6) is -2.03. The number of halogens is 1. The van der Waals surface area contributed by atoms with Crippen LogP contribution in [0.1, 0.15) is 16.8 Å². The van der Waals surface area contributed by atoms with Gasteiger partial charge >= 0.3 is 5.97 Å². The van der Waals surface area contributed by atoms with Gasteiger partial charge in [0.25, 0.3) is 0 Å². The summed E-state index contributed by atoms with van der Waals surface area (Å²) in [6, 6.07) is 18.8. The van der Waals surface area contributed by atoms with Crippen molar-refractivity contribution in [3.05, 3.63) is 101 Å². The van der Waals surface area contributed by atoms with Crippen molar-refractivity contribution in [1.29, 1.82) is 0 Å². The van der Waals surface area contributed by atoms with Crippen LogP contribution in [0.25, 0.3) is 20.9 Å². The molecule has 0 atom stereocenters. The highest BCUT2D eigenvalue weighted by Crippen LogP contribution is 2.45. The van der Waals surface area contributed by atoms with Crippen LogP contribution >= 0.6 is 11.3 Å². The highest BCUT2D eigenvalue weighted by molar-refractivity contribution is 7.21. The van der Waals surface area contributed by atoms with E-state index in [4.69, 9.17) is 10.1 Å². The lowest BCUT2D eigenvalue weighted by atomic mass is 9.89. The second-order valence-electron chi connectivity index (χ2n) is 9.04. The summed E-state index contributed by atoms with van der Waals surface area (Å²) in [4.78, 5) is 21.2. The summed E-state index contributed by atoms with van der Waals surface area (Å²) < 4.78 is 14.4. The van der Waals surface area contributed by atoms with Crippen molar-refractivity contribution < 1.29 is 18.9 Å². The van der Waals surface area contributed by atoms with Crippen LogP contribution in [0.2, 0.25) is 0 Å². The summed E-state index contributed by atoms with van der Waals surface area (Å²) in [5, 5.41) is 22.1. The number of likely N-dealkylation sites (tertiary alicyclic amines) is 1. The first-order valence-electron chi connectivity index (χ1n) is 11.0. The van der Waals surface area contributed by atoms with Crippen LogP contribution in [0, 0.1) is 16.9 Å². The van der Waals surface area contributed by atoms with Crippen molar-refractivity contribution in [2.24, 2.45) is 5.92 Å². The first-order chi connectivity index (χ1) is 16.4. The molecule has 0 amide bonds. The number of allylic oxidation sites excluding steroid dienone is 2. The van der Waals surface area contributed by atoms with E-state index in [1.165, 1.54) is 17.4 Å². The SMILES string of the molecule is O=C(O)C1C[N+]([O-])(Cc2ccc(-c3nc4ccc(C5(c6ccccc6)C=C5)nc4s3)c(F)c2)C1. The van der Waals surface area contributed by atoms with Crippen LogP contribution in [0.15, 0.2) is 72.8 Å². The molecule has 0 bridgehead atoms. The lowest BCUT2D eigenvalue weighted by molar-refractivity contribution is -0.938. The topological polar surface area (TPSA) is 86.1 Å². The molecule has 2 aromatic heterocycles. The minimum atomic E-state index is -0.953. The van der Waals surface area contributed by atoms with E-state index < -0.39 is 22.4 Å². The first-order valence-corrected chi connectivity index (χ1v) is 11.8. The summed E-state index contributed by atoms with van der Waals surface area (Å²) >= 11 is 1.34. The maximum absolute atomic E-state index is 15.0. The molecular formula is C26H20FN3O3S. The van der Waals surface area contributed by atoms with E-state index in [9.17, 15) is 14.4 Å². The van der Waals surface area contributed by atoms with Gasteiger partial charge in [-0.1, -0.05) is 59.9 Å². The molecule has 1 aliphatic carbocycles. The molecule has 2 aromatic carbocycles. The maximum atomic E-state index is 15.0. The van der Waals surface area contributed by atoms with Crippen LogP contribution in [0.5, 0.6) is 0 Å². The lowest BCUT2D eigenvalue weighted by Gasteiger charge is -2.52. The molecule has 170 valence electrons. The Bertz CT molecular complexity index is 1450. The number of fused-ring (bicyclic) bond motifs is 1. The van der Waals surface area contributed by atoms with Crippen molar-refractivity contribution in [2.75, 3.05) is 13.1 Å². The van der Waals surface area contributed by atoms with Gasteiger partial charge in [0.2, 0.25) is 0 Å². The monoisotopic (exact) mass is 473 g/mol. The number of carboxylic acids is 1. The number of carboxylic acid groups (broad SMARTS) is 1. The number of hydrogen-bond donors (Lipinski definition) is 1. The minimum Gasteiger partial charge on any atom is -0.633 e. The van der Waals surface area contributed by atoms with Gasteiger partial charge in [0.05, 0.1) is 24.2 Å². The lowest BCUT2D eigenvalue weighted by Crippen LogP contribution is -2.61. The second-order valence-corrected chi connectivity index (χ2v) is 10.0. The largest absolute Gasteiger partial charge is 0.633 e. The molecule has 0 radical (unpaired) electrons. The molecule has 1 N–H and O–H groups in total. The molecule has 34 heavy (non-hydrogen) atoms.